The monoisotopic (exact) mass is 373 g/mol. The molecule has 0 bridgehead atoms. The maximum atomic E-state index is 12.1. The van der Waals surface area contributed by atoms with Gasteiger partial charge in [0.15, 0.2) is 0 Å². The molecule has 2 rings (SSSR count). The third-order valence-electron chi connectivity index (χ3n) is 3.42. The molecule has 1 aromatic heterocycles. The summed E-state index contributed by atoms with van der Waals surface area (Å²) in [7, 11) is -2.02. The number of halogens is 1. The lowest BCUT2D eigenvalue weighted by Crippen LogP contribution is -2.38. The van der Waals surface area contributed by atoms with Crippen LogP contribution in [0.3, 0.4) is 0 Å². The first-order valence-corrected chi connectivity index (χ1v) is 9.36. The number of fused-ring (bicyclic) bond motifs is 1. The summed E-state index contributed by atoms with van der Waals surface area (Å²) in [6, 6.07) is 5.06. The molecule has 0 unspecified atom stereocenters. The van der Waals surface area contributed by atoms with Crippen molar-refractivity contribution in [1.29, 1.82) is 0 Å². The van der Waals surface area contributed by atoms with Crippen molar-refractivity contribution in [2.24, 2.45) is 0 Å². The SMILES string of the molecule is CCCNS(=O)(=O)NCCc1cc2cc(OC)c(Cl)cc2[nH]c1=O. The summed E-state index contributed by atoms with van der Waals surface area (Å²) in [5, 5.41) is 1.17. The van der Waals surface area contributed by atoms with Gasteiger partial charge in [-0.05, 0) is 31.0 Å². The van der Waals surface area contributed by atoms with E-state index >= 15 is 0 Å². The highest BCUT2D eigenvalue weighted by Crippen LogP contribution is 2.28. The lowest BCUT2D eigenvalue weighted by atomic mass is 10.1. The number of benzene rings is 1. The quantitative estimate of drug-likeness (QED) is 0.653. The van der Waals surface area contributed by atoms with E-state index in [9.17, 15) is 13.2 Å². The van der Waals surface area contributed by atoms with Crippen LogP contribution in [-0.4, -0.2) is 33.6 Å². The van der Waals surface area contributed by atoms with Crippen LogP contribution in [0.5, 0.6) is 5.75 Å². The number of rotatable bonds is 8. The summed E-state index contributed by atoms with van der Waals surface area (Å²) < 4.78 is 33.3. The molecule has 0 aliphatic heterocycles. The molecule has 3 N–H and O–H groups in total. The van der Waals surface area contributed by atoms with Crippen molar-refractivity contribution in [3.8, 4) is 5.75 Å². The summed E-state index contributed by atoms with van der Waals surface area (Å²) in [5.41, 5.74) is 0.800. The minimum absolute atomic E-state index is 0.123. The zero-order valence-electron chi connectivity index (χ0n) is 13.5. The number of H-pyrrole nitrogens is 1. The molecule has 1 heterocycles. The van der Waals surface area contributed by atoms with Crippen LogP contribution in [0.1, 0.15) is 18.9 Å². The van der Waals surface area contributed by atoms with Crippen LogP contribution in [-0.2, 0) is 16.6 Å². The summed E-state index contributed by atoms with van der Waals surface area (Å²) >= 11 is 6.04. The summed E-state index contributed by atoms with van der Waals surface area (Å²) in [6.45, 7) is 2.36. The third kappa shape index (κ3) is 4.70. The number of pyridine rings is 1. The number of hydrogen-bond acceptors (Lipinski definition) is 4. The Bertz CT molecular complexity index is 880. The fourth-order valence-corrected chi connectivity index (χ4v) is 3.39. The highest BCUT2D eigenvalue weighted by atomic mass is 35.5. The minimum Gasteiger partial charge on any atom is -0.495 e. The fourth-order valence-electron chi connectivity index (χ4n) is 2.20. The first kappa shape index (κ1) is 18.7. The second-order valence-corrected chi connectivity index (χ2v) is 7.23. The minimum atomic E-state index is -3.54. The number of methoxy groups -OCH3 is 1. The van der Waals surface area contributed by atoms with Crippen molar-refractivity contribution < 1.29 is 13.2 Å². The van der Waals surface area contributed by atoms with Gasteiger partial charge in [0.2, 0.25) is 0 Å². The highest BCUT2D eigenvalue weighted by molar-refractivity contribution is 7.87. The van der Waals surface area contributed by atoms with Crippen molar-refractivity contribution >= 4 is 32.7 Å². The molecule has 9 heteroatoms. The Morgan fingerprint density at radius 1 is 1.21 bits per heavy atom. The molecule has 0 saturated heterocycles. The third-order valence-corrected chi connectivity index (χ3v) is 4.89. The van der Waals surface area contributed by atoms with Gasteiger partial charge in [0.05, 0.1) is 17.6 Å². The van der Waals surface area contributed by atoms with E-state index in [2.05, 4.69) is 14.4 Å². The van der Waals surface area contributed by atoms with E-state index in [0.29, 0.717) is 34.8 Å². The van der Waals surface area contributed by atoms with Gasteiger partial charge in [-0.1, -0.05) is 18.5 Å². The van der Waals surface area contributed by atoms with Gasteiger partial charge in [-0.15, -0.1) is 0 Å². The van der Waals surface area contributed by atoms with Crippen LogP contribution in [0, 0.1) is 0 Å². The molecule has 0 amide bonds. The van der Waals surface area contributed by atoms with Crippen LogP contribution in [0.2, 0.25) is 5.02 Å². The summed E-state index contributed by atoms with van der Waals surface area (Å²) in [6.07, 6.45) is 0.971. The van der Waals surface area contributed by atoms with E-state index in [1.165, 1.54) is 7.11 Å². The van der Waals surface area contributed by atoms with Crippen molar-refractivity contribution in [1.82, 2.24) is 14.4 Å². The lowest BCUT2D eigenvalue weighted by molar-refractivity contribution is 0.415. The van der Waals surface area contributed by atoms with Crippen LogP contribution in [0.25, 0.3) is 10.9 Å². The number of nitrogens with one attached hydrogen (secondary N) is 3. The Labute approximate surface area is 145 Å². The standard InChI is InChI=1S/C15H20ClN3O4S/c1-3-5-17-24(21,22)18-6-4-10-7-11-8-14(23-2)12(16)9-13(11)19-15(10)20/h7-9,17-18H,3-6H2,1-2H3,(H,19,20). The molecule has 132 valence electrons. The number of hydrogen-bond donors (Lipinski definition) is 3. The molecule has 0 aliphatic rings. The molecule has 0 spiro atoms. The Morgan fingerprint density at radius 2 is 1.92 bits per heavy atom. The predicted molar refractivity (Wildman–Crippen MR) is 95.1 cm³/mol. The maximum Gasteiger partial charge on any atom is 0.276 e. The topological polar surface area (TPSA) is 100 Å². The Balaban J connectivity index is 2.16. The van der Waals surface area contributed by atoms with Crippen LogP contribution >= 0.6 is 11.6 Å². The average molecular weight is 374 g/mol. The smallest absolute Gasteiger partial charge is 0.276 e. The maximum absolute atomic E-state index is 12.1. The van der Waals surface area contributed by atoms with E-state index in [4.69, 9.17) is 16.3 Å². The van der Waals surface area contributed by atoms with Gasteiger partial charge >= 0.3 is 0 Å². The molecular formula is C15H20ClN3O4S. The largest absolute Gasteiger partial charge is 0.495 e. The van der Waals surface area contributed by atoms with E-state index in [1.807, 2.05) is 6.92 Å². The molecule has 0 aliphatic carbocycles. The number of ether oxygens (including phenoxy) is 1. The van der Waals surface area contributed by atoms with Gasteiger partial charge in [0, 0.05) is 24.0 Å². The highest BCUT2D eigenvalue weighted by Gasteiger charge is 2.10. The molecule has 0 saturated carbocycles. The first-order valence-electron chi connectivity index (χ1n) is 7.50. The van der Waals surface area contributed by atoms with Crippen LogP contribution in [0.4, 0.5) is 0 Å². The van der Waals surface area contributed by atoms with Gasteiger partial charge in [-0.25, -0.2) is 9.44 Å². The fraction of sp³-hybridized carbons (Fsp3) is 0.400. The predicted octanol–water partition coefficient (Wildman–Crippen LogP) is 1.57. The molecule has 2 aromatic rings. The van der Waals surface area contributed by atoms with Crippen molar-refractivity contribution in [3.63, 3.8) is 0 Å². The number of aromatic nitrogens is 1. The van der Waals surface area contributed by atoms with Crippen LogP contribution < -0.4 is 19.7 Å². The molecule has 0 atom stereocenters. The van der Waals surface area contributed by atoms with Gasteiger partial charge in [0.25, 0.3) is 15.8 Å². The molecular weight excluding hydrogens is 354 g/mol. The average Bonchev–Trinajstić information content (AvgIpc) is 2.53. The molecule has 1 aromatic carbocycles. The molecule has 7 nitrogen and oxygen atoms in total. The molecule has 24 heavy (non-hydrogen) atoms. The number of aromatic amines is 1. The van der Waals surface area contributed by atoms with E-state index in [0.717, 1.165) is 5.39 Å². The van der Waals surface area contributed by atoms with E-state index < -0.39 is 10.2 Å². The molecule has 0 radical (unpaired) electrons. The Morgan fingerprint density at radius 3 is 2.58 bits per heavy atom. The normalized spacial score (nSPS) is 11.8. The van der Waals surface area contributed by atoms with Gasteiger partial charge in [0.1, 0.15) is 5.75 Å². The van der Waals surface area contributed by atoms with Gasteiger partial charge < -0.3 is 9.72 Å². The lowest BCUT2D eigenvalue weighted by Gasteiger charge is -2.09. The van der Waals surface area contributed by atoms with E-state index in [-0.39, 0.29) is 18.5 Å². The van der Waals surface area contributed by atoms with E-state index in [1.54, 1.807) is 18.2 Å². The first-order chi connectivity index (χ1) is 11.4. The Kier molecular flexibility index (Phi) is 6.22. The van der Waals surface area contributed by atoms with Crippen LogP contribution in [0.15, 0.2) is 23.0 Å². The second-order valence-electron chi connectivity index (χ2n) is 5.24. The van der Waals surface area contributed by atoms with Crippen molar-refractivity contribution in [2.75, 3.05) is 20.2 Å². The van der Waals surface area contributed by atoms with Crippen molar-refractivity contribution in [3.05, 3.63) is 39.1 Å². The zero-order valence-corrected chi connectivity index (χ0v) is 15.1. The zero-order chi connectivity index (χ0) is 17.7. The van der Waals surface area contributed by atoms with Gasteiger partial charge in [-0.3, -0.25) is 4.79 Å². The van der Waals surface area contributed by atoms with Gasteiger partial charge in [-0.2, -0.15) is 8.42 Å². The van der Waals surface area contributed by atoms with Crippen molar-refractivity contribution in [2.45, 2.75) is 19.8 Å². The summed E-state index contributed by atoms with van der Waals surface area (Å²) in [4.78, 5) is 14.8. The Hall–Kier alpha value is -1.61. The molecule has 0 fully saturated rings. The summed E-state index contributed by atoms with van der Waals surface area (Å²) in [5.74, 6) is 0.506. The second kappa shape index (κ2) is 7.98.